The summed E-state index contributed by atoms with van der Waals surface area (Å²) in [6.07, 6.45) is 3.31. The summed E-state index contributed by atoms with van der Waals surface area (Å²) in [5.41, 5.74) is 6.95. The third kappa shape index (κ3) is 4.39. The number of hydrogen-bond donors (Lipinski definition) is 2. The number of fused-ring (bicyclic) bond motifs is 1. The van der Waals surface area contributed by atoms with Crippen LogP contribution in [0.25, 0.3) is 0 Å². The number of carbonyl (C=O) groups excluding carboxylic acids is 2. The number of urea groups is 1. The summed E-state index contributed by atoms with van der Waals surface area (Å²) in [7, 11) is 0. The first-order valence-corrected chi connectivity index (χ1v) is 7.37. The molecule has 0 aromatic carbocycles. The van der Waals surface area contributed by atoms with Crippen molar-refractivity contribution in [3.63, 3.8) is 0 Å². The maximum absolute atomic E-state index is 11.4. The van der Waals surface area contributed by atoms with Crippen LogP contribution in [0.5, 0.6) is 5.88 Å². The van der Waals surface area contributed by atoms with Crippen LogP contribution in [-0.4, -0.2) is 46.5 Å². The van der Waals surface area contributed by atoms with E-state index < -0.39 is 6.03 Å². The zero-order valence-corrected chi connectivity index (χ0v) is 12.7. The topological polar surface area (TPSA) is 110 Å². The molecule has 0 fully saturated rings. The molecule has 0 saturated carbocycles. The smallest absolute Gasteiger partial charge is 0.318 e. The van der Waals surface area contributed by atoms with Crippen molar-refractivity contribution in [1.82, 2.24) is 20.2 Å². The van der Waals surface area contributed by atoms with Gasteiger partial charge >= 0.3 is 6.03 Å². The van der Waals surface area contributed by atoms with E-state index in [0.29, 0.717) is 25.5 Å². The molecule has 1 aromatic rings. The van der Waals surface area contributed by atoms with Gasteiger partial charge in [0.15, 0.2) is 0 Å². The van der Waals surface area contributed by atoms with E-state index in [4.69, 9.17) is 10.5 Å². The van der Waals surface area contributed by atoms with E-state index >= 15 is 0 Å². The number of aromatic nitrogens is 2. The molecule has 3 N–H and O–H groups in total. The lowest BCUT2D eigenvalue weighted by Gasteiger charge is -2.28. The first kappa shape index (κ1) is 16.2. The standard InChI is InChI=1S/C14H21N5O3/c1-2-22-13-10-8-19(7-5-11(10)16-9-17-13)6-3-4-12(20)18-14(15)21/h9H,2-8H2,1H3,(H3,15,18,20,21). The molecule has 0 saturated heterocycles. The third-order valence-electron chi connectivity index (χ3n) is 3.46. The van der Waals surface area contributed by atoms with E-state index in [9.17, 15) is 9.59 Å². The van der Waals surface area contributed by atoms with Crippen molar-refractivity contribution < 1.29 is 14.3 Å². The summed E-state index contributed by atoms with van der Waals surface area (Å²) in [4.78, 5) is 32.6. The van der Waals surface area contributed by atoms with E-state index in [1.807, 2.05) is 6.92 Å². The number of nitrogens with zero attached hydrogens (tertiary/aromatic N) is 3. The van der Waals surface area contributed by atoms with Crippen LogP contribution < -0.4 is 15.8 Å². The molecule has 22 heavy (non-hydrogen) atoms. The molecule has 0 aliphatic carbocycles. The van der Waals surface area contributed by atoms with Crippen molar-refractivity contribution in [2.75, 3.05) is 19.7 Å². The highest BCUT2D eigenvalue weighted by molar-refractivity contribution is 5.93. The van der Waals surface area contributed by atoms with Gasteiger partial charge in [-0.15, -0.1) is 0 Å². The molecule has 8 nitrogen and oxygen atoms in total. The van der Waals surface area contributed by atoms with Crippen LogP contribution in [0.1, 0.15) is 31.0 Å². The molecule has 3 amide bonds. The molecule has 1 aromatic heterocycles. The normalized spacial score (nSPS) is 14.2. The predicted molar refractivity (Wildman–Crippen MR) is 79.1 cm³/mol. The number of nitrogens with one attached hydrogen (secondary N) is 1. The van der Waals surface area contributed by atoms with E-state index in [0.717, 1.165) is 30.8 Å². The van der Waals surface area contributed by atoms with Gasteiger partial charge in [-0.1, -0.05) is 0 Å². The molecule has 1 aliphatic heterocycles. The average molecular weight is 307 g/mol. The summed E-state index contributed by atoms with van der Waals surface area (Å²) in [5.74, 6) is 0.298. The van der Waals surface area contributed by atoms with Crippen LogP contribution in [-0.2, 0) is 17.8 Å². The zero-order chi connectivity index (χ0) is 15.9. The fraction of sp³-hybridized carbons (Fsp3) is 0.571. The van der Waals surface area contributed by atoms with Crippen molar-refractivity contribution in [3.8, 4) is 5.88 Å². The average Bonchev–Trinajstić information content (AvgIpc) is 2.47. The molecule has 2 heterocycles. The number of amides is 3. The van der Waals surface area contributed by atoms with Crippen molar-refractivity contribution >= 4 is 11.9 Å². The first-order valence-electron chi connectivity index (χ1n) is 7.37. The van der Waals surface area contributed by atoms with Crippen molar-refractivity contribution in [2.45, 2.75) is 32.7 Å². The van der Waals surface area contributed by atoms with E-state index in [1.54, 1.807) is 0 Å². The Balaban J connectivity index is 1.86. The SMILES string of the molecule is CCOc1ncnc2c1CN(CCCC(=O)NC(N)=O)CC2. The van der Waals surface area contributed by atoms with Crippen LogP contribution in [0.4, 0.5) is 4.79 Å². The lowest BCUT2D eigenvalue weighted by atomic mass is 10.1. The Labute approximate surface area is 129 Å². The predicted octanol–water partition coefficient (Wildman–Crippen LogP) is 0.209. The van der Waals surface area contributed by atoms with Gasteiger partial charge in [0.25, 0.3) is 0 Å². The highest BCUT2D eigenvalue weighted by Crippen LogP contribution is 2.24. The fourth-order valence-electron chi connectivity index (χ4n) is 2.49. The van der Waals surface area contributed by atoms with Crippen LogP contribution in [0.2, 0.25) is 0 Å². The highest BCUT2D eigenvalue weighted by Gasteiger charge is 2.21. The lowest BCUT2D eigenvalue weighted by Crippen LogP contribution is -2.36. The quantitative estimate of drug-likeness (QED) is 0.777. The number of hydrogen-bond acceptors (Lipinski definition) is 6. The Kier molecular flexibility index (Phi) is 5.65. The summed E-state index contributed by atoms with van der Waals surface area (Å²) >= 11 is 0. The second-order valence-electron chi connectivity index (χ2n) is 5.08. The molecule has 0 atom stereocenters. The van der Waals surface area contributed by atoms with Gasteiger partial charge in [-0.3, -0.25) is 15.0 Å². The van der Waals surface area contributed by atoms with E-state index in [2.05, 4.69) is 20.2 Å². The molecule has 120 valence electrons. The Morgan fingerprint density at radius 2 is 2.27 bits per heavy atom. The van der Waals surface area contributed by atoms with E-state index in [1.165, 1.54) is 6.33 Å². The van der Waals surface area contributed by atoms with Crippen LogP contribution in [0.15, 0.2) is 6.33 Å². The van der Waals surface area contributed by atoms with Gasteiger partial charge in [-0.25, -0.2) is 14.8 Å². The summed E-state index contributed by atoms with van der Waals surface area (Å²) in [6.45, 7) is 4.84. The maximum atomic E-state index is 11.4. The number of carbonyl (C=O) groups is 2. The van der Waals surface area contributed by atoms with E-state index in [-0.39, 0.29) is 12.3 Å². The maximum Gasteiger partial charge on any atom is 0.318 e. The van der Waals surface area contributed by atoms with Gasteiger partial charge < -0.3 is 10.5 Å². The van der Waals surface area contributed by atoms with Crippen LogP contribution >= 0.6 is 0 Å². The number of imide groups is 1. The van der Waals surface area contributed by atoms with Crippen molar-refractivity contribution in [1.29, 1.82) is 0 Å². The Morgan fingerprint density at radius 3 is 3.00 bits per heavy atom. The van der Waals surface area contributed by atoms with Crippen LogP contribution in [0.3, 0.4) is 0 Å². The van der Waals surface area contributed by atoms with Gasteiger partial charge in [-0.2, -0.15) is 0 Å². The molecule has 1 aliphatic rings. The highest BCUT2D eigenvalue weighted by atomic mass is 16.5. The van der Waals surface area contributed by atoms with Gasteiger partial charge in [0.2, 0.25) is 11.8 Å². The summed E-state index contributed by atoms with van der Waals surface area (Å²) in [5, 5.41) is 2.06. The molecule has 8 heteroatoms. The number of ether oxygens (including phenoxy) is 1. The zero-order valence-electron chi connectivity index (χ0n) is 12.7. The van der Waals surface area contributed by atoms with Gasteiger partial charge in [0, 0.05) is 31.5 Å². The van der Waals surface area contributed by atoms with Crippen molar-refractivity contribution in [3.05, 3.63) is 17.6 Å². The Bertz CT molecular complexity index is 549. The molecule has 0 radical (unpaired) electrons. The van der Waals surface area contributed by atoms with Crippen LogP contribution in [0, 0.1) is 0 Å². The molecule has 0 unspecified atom stereocenters. The Hall–Kier alpha value is -2.22. The number of nitrogens with two attached hydrogens (primary N) is 1. The molecule has 0 spiro atoms. The fourth-order valence-corrected chi connectivity index (χ4v) is 2.49. The summed E-state index contributed by atoms with van der Waals surface area (Å²) in [6, 6.07) is -0.810. The minimum absolute atomic E-state index is 0.274. The van der Waals surface area contributed by atoms with Crippen molar-refractivity contribution in [2.24, 2.45) is 5.73 Å². The van der Waals surface area contributed by atoms with Gasteiger partial charge in [0.1, 0.15) is 6.33 Å². The number of primary amides is 1. The molecule has 0 bridgehead atoms. The molecular weight excluding hydrogens is 286 g/mol. The molecular formula is C14H21N5O3. The number of rotatable bonds is 6. The summed E-state index contributed by atoms with van der Waals surface area (Å²) < 4.78 is 5.55. The lowest BCUT2D eigenvalue weighted by molar-refractivity contribution is -0.120. The first-order chi connectivity index (χ1) is 10.6. The second-order valence-corrected chi connectivity index (χ2v) is 5.08. The second kappa shape index (κ2) is 7.69. The largest absolute Gasteiger partial charge is 0.478 e. The minimum atomic E-state index is -0.810. The third-order valence-corrected chi connectivity index (χ3v) is 3.46. The molecule has 2 rings (SSSR count). The van der Waals surface area contributed by atoms with Gasteiger partial charge in [0.05, 0.1) is 12.3 Å². The Morgan fingerprint density at radius 1 is 1.45 bits per heavy atom. The minimum Gasteiger partial charge on any atom is -0.478 e. The van der Waals surface area contributed by atoms with Gasteiger partial charge in [-0.05, 0) is 19.9 Å². The monoisotopic (exact) mass is 307 g/mol.